The molecule has 0 saturated heterocycles. The highest BCUT2D eigenvalue weighted by atomic mass is 28.3. The third-order valence-electron chi connectivity index (χ3n) is 2.95. The minimum atomic E-state index is -1.15. The number of allylic oxidation sites excluding steroid dienone is 1. The minimum absolute atomic E-state index is 0.275. The molecule has 0 N–H and O–H groups in total. The number of carbonyl (C=O) groups excluding carboxylic acids is 2. The molecule has 4 nitrogen and oxygen atoms in total. The van der Waals surface area contributed by atoms with Gasteiger partial charge >= 0.3 is 11.9 Å². The molecule has 0 rings (SSSR count). The SMILES string of the molecule is C=C(CCCC(C(=O)OCC)C(=O)OCC)C[Si](C)(C)C. The van der Waals surface area contributed by atoms with E-state index >= 15 is 0 Å². The van der Waals surface area contributed by atoms with Gasteiger partial charge in [-0.2, -0.15) is 0 Å². The van der Waals surface area contributed by atoms with Crippen LogP contribution in [-0.2, 0) is 19.1 Å². The third-order valence-corrected chi connectivity index (χ3v) is 4.51. The summed E-state index contributed by atoms with van der Waals surface area (Å²) in [5.41, 5.74) is 1.21. The molecule has 0 aromatic heterocycles. The van der Waals surface area contributed by atoms with Crippen molar-refractivity contribution in [2.45, 2.75) is 58.8 Å². The predicted octanol–water partition coefficient (Wildman–Crippen LogP) is 3.79. The van der Waals surface area contributed by atoms with Crippen LogP contribution < -0.4 is 0 Å². The number of ether oxygens (including phenoxy) is 2. The lowest BCUT2D eigenvalue weighted by Crippen LogP contribution is -2.28. The molecule has 0 amide bonds. The second-order valence-corrected chi connectivity index (χ2v) is 11.9. The van der Waals surface area contributed by atoms with Gasteiger partial charge in [0.05, 0.1) is 13.2 Å². The quantitative estimate of drug-likeness (QED) is 0.266. The van der Waals surface area contributed by atoms with E-state index in [9.17, 15) is 9.59 Å². The molecular weight excluding hydrogens is 284 g/mol. The van der Waals surface area contributed by atoms with Gasteiger partial charge < -0.3 is 9.47 Å². The number of rotatable bonds is 10. The van der Waals surface area contributed by atoms with Gasteiger partial charge in [-0.1, -0.05) is 25.2 Å². The molecule has 0 unspecified atom stereocenters. The van der Waals surface area contributed by atoms with Crippen LogP contribution >= 0.6 is 0 Å². The first-order valence-corrected chi connectivity index (χ1v) is 11.4. The van der Waals surface area contributed by atoms with Gasteiger partial charge in [0.1, 0.15) is 0 Å². The van der Waals surface area contributed by atoms with Crippen molar-refractivity contribution in [1.82, 2.24) is 0 Å². The Hall–Kier alpha value is -1.10. The molecule has 0 aromatic rings. The number of esters is 2. The van der Waals surface area contributed by atoms with Gasteiger partial charge in [0.2, 0.25) is 0 Å². The highest BCUT2D eigenvalue weighted by molar-refractivity contribution is 6.76. The molecule has 0 heterocycles. The van der Waals surface area contributed by atoms with Crippen molar-refractivity contribution in [3.8, 4) is 0 Å². The lowest BCUT2D eigenvalue weighted by atomic mass is 10.0. The van der Waals surface area contributed by atoms with Gasteiger partial charge in [-0.15, -0.1) is 6.58 Å². The number of carbonyl (C=O) groups is 2. The minimum Gasteiger partial charge on any atom is -0.465 e. The molecule has 0 aliphatic rings. The van der Waals surface area contributed by atoms with Crippen LogP contribution in [0.1, 0.15) is 33.1 Å². The summed E-state index contributed by atoms with van der Waals surface area (Å²) in [5, 5.41) is 0. The van der Waals surface area contributed by atoms with E-state index in [-0.39, 0.29) is 13.2 Å². The second kappa shape index (κ2) is 9.76. The topological polar surface area (TPSA) is 52.6 Å². The first kappa shape index (κ1) is 19.9. The first-order valence-electron chi connectivity index (χ1n) is 7.71. The Bertz CT molecular complexity index is 340. The van der Waals surface area contributed by atoms with Crippen molar-refractivity contribution < 1.29 is 19.1 Å². The van der Waals surface area contributed by atoms with E-state index < -0.39 is 25.9 Å². The first-order chi connectivity index (χ1) is 9.71. The fourth-order valence-corrected chi connectivity index (χ4v) is 3.89. The van der Waals surface area contributed by atoms with E-state index in [1.807, 2.05) is 0 Å². The molecule has 0 spiro atoms. The average molecular weight is 314 g/mol. The van der Waals surface area contributed by atoms with Crippen molar-refractivity contribution in [1.29, 1.82) is 0 Å². The van der Waals surface area contributed by atoms with Crippen molar-refractivity contribution >= 4 is 20.0 Å². The summed E-state index contributed by atoms with van der Waals surface area (Å²) in [4.78, 5) is 23.7. The largest absolute Gasteiger partial charge is 0.465 e. The summed E-state index contributed by atoms with van der Waals surface area (Å²) < 4.78 is 9.91. The van der Waals surface area contributed by atoms with Crippen LogP contribution in [0.15, 0.2) is 12.2 Å². The van der Waals surface area contributed by atoms with E-state index in [0.717, 1.165) is 18.9 Å². The normalized spacial score (nSPS) is 11.3. The summed E-state index contributed by atoms with van der Waals surface area (Å²) in [7, 11) is -1.15. The van der Waals surface area contributed by atoms with E-state index in [2.05, 4.69) is 26.2 Å². The molecule has 0 bridgehead atoms. The van der Waals surface area contributed by atoms with Gasteiger partial charge in [-0.25, -0.2) is 0 Å². The number of hydrogen-bond donors (Lipinski definition) is 0. The van der Waals surface area contributed by atoms with Crippen LogP contribution in [0, 0.1) is 5.92 Å². The van der Waals surface area contributed by atoms with Crippen molar-refractivity contribution in [3.63, 3.8) is 0 Å². The van der Waals surface area contributed by atoms with Crippen LogP contribution in [0.4, 0.5) is 0 Å². The Balaban J connectivity index is 4.39. The summed E-state index contributed by atoms with van der Waals surface area (Å²) in [6.07, 6.45) is 2.06. The van der Waals surface area contributed by atoms with Crippen molar-refractivity contribution in [3.05, 3.63) is 12.2 Å². The van der Waals surface area contributed by atoms with Gasteiger partial charge in [-0.05, 0) is 39.2 Å². The molecule has 0 aliphatic heterocycles. The van der Waals surface area contributed by atoms with E-state index in [0.29, 0.717) is 6.42 Å². The average Bonchev–Trinajstić information content (AvgIpc) is 2.32. The lowest BCUT2D eigenvalue weighted by Gasteiger charge is -2.18. The Morgan fingerprint density at radius 3 is 1.90 bits per heavy atom. The zero-order chi connectivity index (χ0) is 16.5. The number of hydrogen-bond acceptors (Lipinski definition) is 4. The van der Waals surface area contributed by atoms with Gasteiger partial charge in [0.15, 0.2) is 5.92 Å². The maximum Gasteiger partial charge on any atom is 0.320 e. The highest BCUT2D eigenvalue weighted by Gasteiger charge is 2.29. The Kier molecular flexibility index (Phi) is 9.25. The molecule has 0 aromatic carbocycles. The fraction of sp³-hybridized carbons (Fsp3) is 0.750. The molecular formula is C16H30O4Si. The molecule has 0 fully saturated rings. The molecule has 0 saturated carbocycles. The fourth-order valence-electron chi connectivity index (χ4n) is 2.21. The second-order valence-electron chi connectivity index (χ2n) is 6.44. The Morgan fingerprint density at radius 2 is 1.52 bits per heavy atom. The predicted molar refractivity (Wildman–Crippen MR) is 87.9 cm³/mol. The van der Waals surface area contributed by atoms with E-state index in [1.165, 1.54) is 5.57 Å². The smallest absolute Gasteiger partial charge is 0.320 e. The summed E-state index contributed by atoms with van der Waals surface area (Å²) in [6.45, 7) is 15.0. The maximum atomic E-state index is 11.8. The lowest BCUT2D eigenvalue weighted by molar-refractivity contribution is -0.161. The standard InChI is InChI=1S/C16H30O4Si/c1-7-19-15(17)14(16(18)20-8-2)11-9-10-13(3)12-21(4,5)6/h14H,3,7-12H2,1-2,4-6H3. The molecule has 0 aliphatic carbocycles. The van der Waals surface area contributed by atoms with E-state index in [1.54, 1.807) is 13.8 Å². The van der Waals surface area contributed by atoms with Crippen LogP contribution in [0.2, 0.25) is 25.7 Å². The van der Waals surface area contributed by atoms with Gasteiger partial charge in [-0.3, -0.25) is 9.59 Å². The van der Waals surface area contributed by atoms with E-state index in [4.69, 9.17) is 9.47 Å². The zero-order valence-corrected chi connectivity index (χ0v) is 15.2. The Morgan fingerprint density at radius 1 is 1.05 bits per heavy atom. The summed E-state index contributed by atoms with van der Waals surface area (Å²) >= 11 is 0. The van der Waals surface area contributed by atoms with Gasteiger partial charge in [0.25, 0.3) is 0 Å². The molecule has 0 radical (unpaired) electrons. The third kappa shape index (κ3) is 9.45. The summed E-state index contributed by atoms with van der Waals surface area (Å²) in [5.74, 6) is -1.76. The van der Waals surface area contributed by atoms with Crippen molar-refractivity contribution in [2.24, 2.45) is 5.92 Å². The monoisotopic (exact) mass is 314 g/mol. The van der Waals surface area contributed by atoms with Crippen molar-refractivity contribution in [2.75, 3.05) is 13.2 Å². The van der Waals surface area contributed by atoms with Gasteiger partial charge in [0, 0.05) is 8.07 Å². The Labute approximate surface area is 129 Å². The summed E-state index contributed by atoms with van der Waals surface area (Å²) in [6, 6.07) is 1.08. The van der Waals surface area contributed by atoms with Crippen LogP contribution in [0.5, 0.6) is 0 Å². The molecule has 0 atom stereocenters. The molecule has 122 valence electrons. The molecule has 21 heavy (non-hydrogen) atoms. The van der Waals surface area contributed by atoms with Crippen LogP contribution in [0.25, 0.3) is 0 Å². The maximum absolute atomic E-state index is 11.8. The highest BCUT2D eigenvalue weighted by Crippen LogP contribution is 2.21. The van der Waals surface area contributed by atoms with Crippen LogP contribution in [0.3, 0.4) is 0 Å². The molecule has 5 heteroatoms. The van der Waals surface area contributed by atoms with Crippen LogP contribution in [-0.4, -0.2) is 33.2 Å². The zero-order valence-electron chi connectivity index (χ0n) is 14.2.